The Labute approximate surface area is 104 Å². The third-order valence-corrected chi connectivity index (χ3v) is 2.72. The lowest BCUT2D eigenvalue weighted by molar-refractivity contribution is -0.148. The lowest BCUT2D eigenvalue weighted by Gasteiger charge is -2.10. The molecule has 1 radical (unpaired) electrons. The SMILES string of the molecule is CCC(C)OC(=O)CCc1cc(C)[c]c(C)c1. The summed E-state index contributed by atoms with van der Waals surface area (Å²) in [5.74, 6) is -0.109. The summed E-state index contributed by atoms with van der Waals surface area (Å²) in [7, 11) is 0. The molecule has 0 bridgehead atoms. The largest absolute Gasteiger partial charge is 0.463 e. The van der Waals surface area contributed by atoms with Crippen molar-refractivity contribution >= 4 is 5.97 Å². The van der Waals surface area contributed by atoms with Crippen molar-refractivity contribution in [2.75, 3.05) is 0 Å². The summed E-state index contributed by atoms with van der Waals surface area (Å²) in [6.45, 7) is 7.98. The fourth-order valence-corrected chi connectivity index (χ4v) is 1.74. The zero-order valence-corrected chi connectivity index (χ0v) is 11.2. The van der Waals surface area contributed by atoms with E-state index in [9.17, 15) is 4.79 Å². The molecule has 0 saturated heterocycles. The highest BCUT2D eigenvalue weighted by Gasteiger charge is 2.08. The molecule has 2 heteroatoms. The van der Waals surface area contributed by atoms with E-state index in [0.717, 1.165) is 24.0 Å². The summed E-state index contributed by atoms with van der Waals surface area (Å²) < 4.78 is 5.23. The Bertz CT molecular complexity index is 362. The Hall–Kier alpha value is -1.31. The standard InChI is InChI=1S/C15H21O2/c1-5-13(4)17-15(16)7-6-14-9-11(2)8-12(3)10-14/h9-10,13H,5-7H2,1-4H3. The van der Waals surface area contributed by atoms with Crippen molar-refractivity contribution < 1.29 is 9.53 Å². The second-order valence-corrected chi connectivity index (χ2v) is 4.56. The summed E-state index contributed by atoms with van der Waals surface area (Å²) in [5.41, 5.74) is 3.42. The summed E-state index contributed by atoms with van der Waals surface area (Å²) in [4.78, 5) is 11.5. The van der Waals surface area contributed by atoms with Gasteiger partial charge in [0.2, 0.25) is 0 Å². The molecule has 0 saturated carbocycles. The number of aryl methyl sites for hydroxylation is 3. The first-order valence-electron chi connectivity index (χ1n) is 6.20. The molecule has 0 N–H and O–H groups in total. The number of ether oxygens (including phenoxy) is 1. The second-order valence-electron chi connectivity index (χ2n) is 4.56. The van der Waals surface area contributed by atoms with E-state index in [2.05, 4.69) is 18.2 Å². The van der Waals surface area contributed by atoms with Gasteiger partial charge in [0.15, 0.2) is 0 Å². The van der Waals surface area contributed by atoms with Gasteiger partial charge in [0.1, 0.15) is 0 Å². The van der Waals surface area contributed by atoms with Crippen molar-refractivity contribution in [3.63, 3.8) is 0 Å². The van der Waals surface area contributed by atoms with Crippen LogP contribution in [0.25, 0.3) is 0 Å². The summed E-state index contributed by atoms with van der Waals surface area (Å²) in [5, 5.41) is 0. The normalized spacial score (nSPS) is 12.2. The molecule has 0 aliphatic heterocycles. The number of carbonyl (C=O) groups is 1. The van der Waals surface area contributed by atoms with Gasteiger partial charge in [-0.1, -0.05) is 19.1 Å². The lowest BCUT2D eigenvalue weighted by Crippen LogP contribution is -2.14. The first-order valence-corrected chi connectivity index (χ1v) is 6.20. The van der Waals surface area contributed by atoms with Crippen LogP contribution in [0.4, 0.5) is 0 Å². The molecule has 1 atom stereocenters. The quantitative estimate of drug-likeness (QED) is 0.729. The van der Waals surface area contributed by atoms with Crippen LogP contribution in [0.5, 0.6) is 0 Å². The smallest absolute Gasteiger partial charge is 0.306 e. The number of esters is 1. The minimum Gasteiger partial charge on any atom is -0.463 e. The molecule has 1 aromatic rings. The molecular formula is C15H21O2. The zero-order valence-electron chi connectivity index (χ0n) is 11.2. The summed E-state index contributed by atoms with van der Waals surface area (Å²) in [6.07, 6.45) is 2.08. The Kier molecular flexibility index (Phi) is 5.20. The van der Waals surface area contributed by atoms with Crippen LogP contribution < -0.4 is 0 Å². The average Bonchev–Trinajstić information content (AvgIpc) is 2.25. The molecule has 0 spiro atoms. The van der Waals surface area contributed by atoms with Gasteiger partial charge in [-0.2, -0.15) is 0 Å². The zero-order chi connectivity index (χ0) is 12.8. The molecule has 0 fully saturated rings. The third-order valence-electron chi connectivity index (χ3n) is 2.72. The Morgan fingerprint density at radius 1 is 1.35 bits per heavy atom. The van der Waals surface area contributed by atoms with Gasteiger partial charge in [-0.3, -0.25) is 4.79 Å². The molecule has 2 nitrogen and oxygen atoms in total. The summed E-state index contributed by atoms with van der Waals surface area (Å²) in [6, 6.07) is 7.37. The third kappa shape index (κ3) is 5.03. The number of hydrogen-bond donors (Lipinski definition) is 0. The molecule has 93 valence electrons. The molecule has 0 aliphatic rings. The van der Waals surface area contributed by atoms with E-state index in [1.807, 2.05) is 27.7 Å². The maximum Gasteiger partial charge on any atom is 0.306 e. The molecule has 1 aromatic carbocycles. The van der Waals surface area contributed by atoms with Crippen molar-refractivity contribution in [3.8, 4) is 0 Å². The van der Waals surface area contributed by atoms with Gasteiger partial charge in [-0.25, -0.2) is 0 Å². The first kappa shape index (κ1) is 13.8. The number of carbonyl (C=O) groups excluding carboxylic acids is 1. The summed E-state index contributed by atoms with van der Waals surface area (Å²) >= 11 is 0. The van der Waals surface area contributed by atoms with E-state index < -0.39 is 0 Å². The Morgan fingerprint density at radius 3 is 2.47 bits per heavy atom. The fourth-order valence-electron chi connectivity index (χ4n) is 1.74. The van der Waals surface area contributed by atoms with Crippen molar-refractivity contribution in [1.29, 1.82) is 0 Å². The van der Waals surface area contributed by atoms with Crippen LogP contribution in [0.3, 0.4) is 0 Å². The lowest BCUT2D eigenvalue weighted by atomic mass is 10.0. The van der Waals surface area contributed by atoms with E-state index in [1.54, 1.807) is 0 Å². The highest BCUT2D eigenvalue weighted by atomic mass is 16.5. The molecule has 0 aliphatic carbocycles. The molecule has 0 amide bonds. The highest BCUT2D eigenvalue weighted by molar-refractivity contribution is 5.69. The van der Waals surface area contributed by atoms with Gasteiger partial charge >= 0.3 is 5.97 Å². The van der Waals surface area contributed by atoms with E-state index in [4.69, 9.17) is 4.74 Å². The monoisotopic (exact) mass is 233 g/mol. The first-order chi connectivity index (χ1) is 8.01. The van der Waals surface area contributed by atoms with Crippen LogP contribution >= 0.6 is 0 Å². The Balaban J connectivity index is 2.47. The molecule has 0 heterocycles. The van der Waals surface area contributed by atoms with E-state index >= 15 is 0 Å². The topological polar surface area (TPSA) is 26.3 Å². The van der Waals surface area contributed by atoms with Crippen molar-refractivity contribution in [2.45, 2.75) is 53.1 Å². The predicted octanol–water partition coefficient (Wildman–Crippen LogP) is 3.38. The number of hydrogen-bond acceptors (Lipinski definition) is 2. The van der Waals surface area contributed by atoms with Gasteiger partial charge in [-0.15, -0.1) is 0 Å². The van der Waals surface area contributed by atoms with Crippen LogP contribution in [-0.4, -0.2) is 12.1 Å². The van der Waals surface area contributed by atoms with E-state index in [-0.39, 0.29) is 12.1 Å². The highest BCUT2D eigenvalue weighted by Crippen LogP contribution is 2.11. The van der Waals surface area contributed by atoms with Crippen LogP contribution in [-0.2, 0) is 16.0 Å². The number of rotatable bonds is 5. The van der Waals surface area contributed by atoms with Gasteiger partial charge in [-0.05, 0) is 56.4 Å². The second kappa shape index (κ2) is 6.43. The Morgan fingerprint density at radius 2 is 1.94 bits per heavy atom. The van der Waals surface area contributed by atoms with Crippen LogP contribution in [0.1, 0.15) is 43.4 Å². The minimum absolute atomic E-state index is 0.0232. The van der Waals surface area contributed by atoms with Crippen molar-refractivity contribution in [2.24, 2.45) is 0 Å². The van der Waals surface area contributed by atoms with Gasteiger partial charge in [0.25, 0.3) is 0 Å². The average molecular weight is 233 g/mol. The van der Waals surface area contributed by atoms with Gasteiger partial charge < -0.3 is 4.74 Å². The van der Waals surface area contributed by atoms with Crippen molar-refractivity contribution in [3.05, 3.63) is 34.9 Å². The van der Waals surface area contributed by atoms with Crippen LogP contribution in [0.2, 0.25) is 0 Å². The molecular weight excluding hydrogens is 212 g/mol. The van der Waals surface area contributed by atoms with E-state index in [1.165, 1.54) is 5.56 Å². The molecule has 17 heavy (non-hydrogen) atoms. The van der Waals surface area contributed by atoms with Gasteiger partial charge in [0.05, 0.1) is 6.10 Å². The maximum atomic E-state index is 11.5. The molecule has 0 aromatic heterocycles. The minimum atomic E-state index is -0.109. The molecule has 1 rings (SSSR count). The van der Waals surface area contributed by atoms with Gasteiger partial charge in [0, 0.05) is 6.42 Å². The molecule has 1 unspecified atom stereocenters. The van der Waals surface area contributed by atoms with E-state index in [0.29, 0.717) is 6.42 Å². The van der Waals surface area contributed by atoms with Crippen LogP contribution in [0.15, 0.2) is 12.1 Å². The van der Waals surface area contributed by atoms with Crippen molar-refractivity contribution in [1.82, 2.24) is 0 Å². The predicted molar refractivity (Wildman–Crippen MR) is 68.9 cm³/mol. The maximum absolute atomic E-state index is 11.5. The van der Waals surface area contributed by atoms with Crippen LogP contribution in [0, 0.1) is 19.9 Å². The number of benzene rings is 1. The fraction of sp³-hybridized carbons (Fsp3) is 0.533.